The van der Waals surface area contributed by atoms with Gasteiger partial charge in [-0.2, -0.15) is 4.31 Å². The van der Waals surface area contributed by atoms with E-state index in [-0.39, 0.29) is 35.8 Å². The molecule has 1 aromatic rings. The molecule has 0 bridgehead atoms. The third kappa shape index (κ3) is 2.55. The first-order chi connectivity index (χ1) is 8.04. The van der Waals surface area contributed by atoms with Crippen LogP contribution >= 0.6 is 11.3 Å². The van der Waals surface area contributed by atoms with E-state index >= 15 is 0 Å². The molecule has 1 fully saturated rings. The van der Waals surface area contributed by atoms with Crippen LogP contribution in [0.25, 0.3) is 0 Å². The van der Waals surface area contributed by atoms with Gasteiger partial charge in [0.05, 0.1) is 19.3 Å². The lowest BCUT2D eigenvalue weighted by Crippen LogP contribution is -2.46. The SMILES string of the molecule is Nc1nnc(S(=O)(=O)N2CCOC(CO)C2)s1. The van der Waals surface area contributed by atoms with Gasteiger partial charge in [0.25, 0.3) is 10.0 Å². The van der Waals surface area contributed by atoms with Crippen molar-refractivity contribution in [1.29, 1.82) is 0 Å². The maximum atomic E-state index is 12.1. The molecule has 1 atom stereocenters. The highest BCUT2D eigenvalue weighted by molar-refractivity contribution is 7.91. The summed E-state index contributed by atoms with van der Waals surface area (Å²) in [6.45, 7) is 0.375. The van der Waals surface area contributed by atoms with Crippen molar-refractivity contribution in [3.8, 4) is 0 Å². The van der Waals surface area contributed by atoms with E-state index in [1.54, 1.807) is 0 Å². The molecule has 0 saturated carbocycles. The standard InChI is InChI=1S/C7H12N4O4S2/c8-6-9-10-7(16-6)17(13,14)11-1-2-15-5(3-11)4-12/h5,12H,1-4H2,(H2,8,9). The number of morpholine rings is 1. The van der Waals surface area contributed by atoms with E-state index in [1.807, 2.05) is 0 Å². The minimum Gasteiger partial charge on any atom is -0.394 e. The first kappa shape index (κ1) is 12.6. The fraction of sp³-hybridized carbons (Fsp3) is 0.714. The average Bonchev–Trinajstić information content (AvgIpc) is 2.76. The van der Waals surface area contributed by atoms with Gasteiger partial charge in [-0.15, -0.1) is 10.2 Å². The molecule has 0 aromatic carbocycles. The summed E-state index contributed by atoms with van der Waals surface area (Å²) in [5.74, 6) is 0. The number of nitrogens with zero attached hydrogens (tertiary/aromatic N) is 3. The molecule has 10 heteroatoms. The molecule has 1 aliphatic heterocycles. The van der Waals surface area contributed by atoms with E-state index in [2.05, 4.69) is 10.2 Å². The largest absolute Gasteiger partial charge is 0.394 e. The first-order valence-electron chi connectivity index (χ1n) is 4.85. The van der Waals surface area contributed by atoms with Crippen molar-refractivity contribution in [3.63, 3.8) is 0 Å². The summed E-state index contributed by atoms with van der Waals surface area (Å²) in [5, 5.41) is 16.1. The maximum Gasteiger partial charge on any atom is 0.272 e. The Hall–Kier alpha value is -0.810. The highest BCUT2D eigenvalue weighted by Gasteiger charge is 2.33. The van der Waals surface area contributed by atoms with Crippen LogP contribution in [0.5, 0.6) is 0 Å². The van der Waals surface area contributed by atoms with Gasteiger partial charge in [-0.25, -0.2) is 8.42 Å². The highest BCUT2D eigenvalue weighted by Crippen LogP contribution is 2.22. The van der Waals surface area contributed by atoms with Gasteiger partial charge in [0, 0.05) is 13.1 Å². The lowest BCUT2D eigenvalue weighted by atomic mass is 10.3. The van der Waals surface area contributed by atoms with Gasteiger partial charge in [0.1, 0.15) is 0 Å². The Morgan fingerprint density at radius 2 is 2.35 bits per heavy atom. The summed E-state index contributed by atoms with van der Waals surface area (Å²) in [6.07, 6.45) is -0.496. The number of hydrogen-bond acceptors (Lipinski definition) is 8. The van der Waals surface area contributed by atoms with Crippen LogP contribution in [0.2, 0.25) is 0 Å². The van der Waals surface area contributed by atoms with E-state index in [4.69, 9.17) is 15.6 Å². The molecule has 3 N–H and O–H groups in total. The third-order valence-corrected chi connectivity index (χ3v) is 5.25. The van der Waals surface area contributed by atoms with Gasteiger partial charge in [0.2, 0.25) is 9.47 Å². The third-order valence-electron chi connectivity index (χ3n) is 2.29. The van der Waals surface area contributed by atoms with Crippen molar-refractivity contribution in [1.82, 2.24) is 14.5 Å². The zero-order valence-corrected chi connectivity index (χ0v) is 10.4. The molecule has 2 rings (SSSR count). The Balaban J connectivity index is 2.21. The summed E-state index contributed by atoms with van der Waals surface area (Å²) in [7, 11) is -3.68. The van der Waals surface area contributed by atoms with Gasteiger partial charge in [-0.05, 0) is 0 Å². The van der Waals surface area contributed by atoms with E-state index in [0.717, 1.165) is 11.3 Å². The molecular formula is C7H12N4O4S2. The predicted molar refractivity (Wildman–Crippen MR) is 59.9 cm³/mol. The number of hydrogen-bond donors (Lipinski definition) is 2. The van der Waals surface area contributed by atoms with Gasteiger partial charge in [0.15, 0.2) is 0 Å². The van der Waals surface area contributed by atoms with Crippen LogP contribution in [0.3, 0.4) is 0 Å². The minimum atomic E-state index is -3.68. The summed E-state index contributed by atoms with van der Waals surface area (Å²) in [5.41, 5.74) is 5.36. The van der Waals surface area contributed by atoms with Crippen LogP contribution in [-0.2, 0) is 14.8 Å². The van der Waals surface area contributed by atoms with Crippen molar-refractivity contribution in [3.05, 3.63) is 0 Å². The molecule has 1 saturated heterocycles. The van der Waals surface area contributed by atoms with Gasteiger partial charge in [-0.1, -0.05) is 11.3 Å². The molecule has 96 valence electrons. The zero-order valence-electron chi connectivity index (χ0n) is 8.81. The van der Waals surface area contributed by atoms with Crippen LogP contribution in [-0.4, -0.2) is 60.4 Å². The topological polar surface area (TPSA) is 119 Å². The fourth-order valence-electron chi connectivity index (χ4n) is 1.46. The van der Waals surface area contributed by atoms with E-state index in [0.29, 0.717) is 0 Å². The minimum absolute atomic E-state index is 0.107. The second-order valence-corrected chi connectivity index (χ2v) is 6.57. The van der Waals surface area contributed by atoms with Crippen molar-refractivity contribution >= 4 is 26.5 Å². The maximum absolute atomic E-state index is 12.1. The molecule has 8 nitrogen and oxygen atoms in total. The molecule has 0 aliphatic carbocycles. The first-order valence-corrected chi connectivity index (χ1v) is 7.11. The van der Waals surface area contributed by atoms with Gasteiger partial charge in [-0.3, -0.25) is 0 Å². The smallest absolute Gasteiger partial charge is 0.272 e. The normalized spacial score (nSPS) is 22.8. The molecular weight excluding hydrogens is 268 g/mol. The number of ether oxygens (including phenoxy) is 1. The number of nitrogens with two attached hydrogens (primary N) is 1. The molecule has 2 heterocycles. The van der Waals surface area contributed by atoms with Crippen molar-refractivity contribution < 1.29 is 18.3 Å². The number of nitrogen functional groups attached to an aromatic ring is 1. The van der Waals surface area contributed by atoms with Crippen LogP contribution in [0.4, 0.5) is 5.13 Å². The number of anilines is 1. The summed E-state index contributed by atoms with van der Waals surface area (Å²) < 4.78 is 30.5. The second kappa shape index (κ2) is 4.82. The van der Waals surface area contributed by atoms with E-state index in [9.17, 15) is 8.42 Å². The molecule has 0 spiro atoms. The summed E-state index contributed by atoms with van der Waals surface area (Å²) in [4.78, 5) is 0. The Kier molecular flexibility index (Phi) is 3.58. The Bertz CT molecular complexity index is 488. The molecule has 1 unspecified atom stereocenters. The van der Waals surface area contributed by atoms with Gasteiger partial charge < -0.3 is 15.6 Å². The summed E-state index contributed by atoms with van der Waals surface area (Å²) >= 11 is 0.820. The number of aliphatic hydroxyl groups excluding tert-OH is 1. The van der Waals surface area contributed by atoms with Crippen molar-refractivity contribution in [2.45, 2.75) is 10.4 Å². The second-order valence-electron chi connectivity index (χ2n) is 3.44. The van der Waals surface area contributed by atoms with Crippen molar-refractivity contribution in [2.24, 2.45) is 0 Å². The highest BCUT2D eigenvalue weighted by atomic mass is 32.2. The van der Waals surface area contributed by atoms with Crippen LogP contribution in [0.1, 0.15) is 0 Å². The van der Waals surface area contributed by atoms with Crippen LogP contribution < -0.4 is 5.73 Å². The number of sulfonamides is 1. The Labute approximate surface area is 102 Å². The number of rotatable bonds is 3. The number of aromatic nitrogens is 2. The lowest BCUT2D eigenvalue weighted by molar-refractivity contribution is -0.0304. The molecule has 0 radical (unpaired) electrons. The zero-order chi connectivity index (χ0) is 12.5. The Morgan fingerprint density at radius 1 is 1.59 bits per heavy atom. The van der Waals surface area contributed by atoms with Crippen LogP contribution in [0, 0.1) is 0 Å². The quantitative estimate of drug-likeness (QED) is 0.691. The summed E-state index contributed by atoms with van der Waals surface area (Å²) in [6, 6.07) is 0. The molecule has 17 heavy (non-hydrogen) atoms. The molecule has 1 aromatic heterocycles. The Morgan fingerprint density at radius 3 is 2.94 bits per heavy atom. The van der Waals surface area contributed by atoms with Gasteiger partial charge >= 0.3 is 0 Å². The monoisotopic (exact) mass is 280 g/mol. The van der Waals surface area contributed by atoms with E-state index in [1.165, 1.54) is 4.31 Å². The lowest BCUT2D eigenvalue weighted by Gasteiger charge is -2.30. The molecule has 1 aliphatic rings. The number of aliphatic hydroxyl groups is 1. The van der Waals surface area contributed by atoms with E-state index < -0.39 is 16.1 Å². The molecule has 0 amide bonds. The van der Waals surface area contributed by atoms with Crippen LogP contribution in [0.15, 0.2) is 4.34 Å². The predicted octanol–water partition coefficient (Wildman–Crippen LogP) is -1.50. The average molecular weight is 280 g/mol. The fourth-order valence-corrected chi connectivity index (χ4v) is 3.83. The van der Waals surface area contributed by atoms with Crippen molar-refractivity contribution in [2.75, 3.05) is 32.0 Å².